The fourth-order valence-electron chi connectivity index (χ4n) is 1.92. The first kappa shape index (κ1) is 14.4. The summed E-state index contributed by atoms with van der Waals surface area (Å²) in [5.74, 6) is 0.133. The lowest BCUT2D eigenvalue weighted by atomic mass is 10.3. The third-order valence-electron chi connectivity index (χ3n) is 2.97. The first-order valence-electron chi connectivity index (χ1n) is 6.22. The van der Waals surface area contributed by atoms with Gasteiger partial charge in [0.1, 0.15) is 0 Å². The average Bonchev–Trinajstić information content (AvgIpc) is 2.44. The number of nitrogens with one attached hydrogen (secondary N) is 1. The van der Waals surface area contributed by atoms with Crippen LogP contribution in [0.5, 0.6) is 0 Å². The van der Waals surface area contributed by atoms with Crippen molar-refractivity contribution in [2.45, 2.75) is 6.42 Å². The molecular weight excluding hydrogens is 287 g/mol. The molecule has 1 N–H and O–H groups in total. The summed E-state index contributed by atoms with van der Waals surface area (Å²) in [6.07, 6.45) is 0.433. The summed E-state index contributed by atoms with van der Waals surface area (Å²) in [4.78, 5) is 13.7. The van der Waals surface area contributed by atoms with E-state index in [0.29, 0.717) is 49.3 Å². The van der Waals surface area contributed by atoms with Gasteiger partial charge in [-0.3, -0.25) is 4.79 Å². The Hall–Kier alpha value is -0.970. The standard InChI is InChI=1S/C13H16Cl2N2O2/c14-10-2-1-3-11(13(10)15)16-5-4-12(18)17-6-8-19-9-7-17/h1-3,16H,4-9H2. The van der Waals surface area contributed by atoms with E-state index < -0.39 is 0 Å². The Kier molecular flexibility index (Phi) is 5.31. The van der Waals surface area contributed by atoms with Crippen LogP contribution < -0.4 is 5.32 Å². The van der Waals surface area contributed by atoms with Gasteiger partial charge in [-0.15, -0.1) is 0 Å². The number of benzene rings is 1. The van der Waals surface area contributed by atoms with Crippen molar-refractivity contribution < 1.29 is 9.53 Å². The third kappa shape index (κ3) is 4.00. The molecule has 0 atom stereocenters. The Morgan fingerprint density at radius 1 is 1.32 bits per heavy atom. The van der Waals surface area contributed by atoms with Crippen LogP contribution in [0.25, 0.3) is 0 Å². The molecule has 0 aromatic heterocycles. The van der Waals surface area contributed by atoms with E-state index >= 15 is 0 Å². The van der Waals surface area contributed by atoms with Crippen LogP contribution >= 0.6 is 23.2 Å². The number of carbonyl (C=O) groups excluding carboxylic acids is 1. The molecule has 6 heteroatoms. The maximum absolute atomic E-state index is 11.9. The van der Waals surface area contributed by atoms with Gasteiger partial charge in [0, 0.05) is 26.1 Å². The maximum atomic E-state index is 11.9. The zero-order valence-electron chi connectivity index (χ0n) is 10.5. The van der Waals surface area contributed by atoms with Crippen LogP contribution in [0.4, 0.5) is 5.69 Å². The van der Waals surface area contributed by atoms with E-state index in [1.807, 2.05) is 17.0 Å². The Bertz CT molecular complexity index is 448. The Morgan fingerprint density at radius 2 is 2.05 bits per heavy atom. The van der Waals surface area contributed by atoms with E-state index in [0.717, 1.165) is 5.69 Å². The fourth-order valence-corrected chi connectivity index (χ4v) is 2.28. The van der Waals surface area contributed by atoms with Gasteiger partial charge in [0.05, 0.1) is 28.9 Å². The third-order valence-corrected chi connectivity index (χ3v) is 3.79. The number of halogens is 2. The highest BCUT2D eigenvalue weighted by Gasteiger charge is 2.16. The van der Waals surface area contributed by atoms with Gasteiger partial charge in [0.15, 0.2) is 0 Å². The van der Waals surface area contributed by atoms with Gasteiger partial charge in [-0.05, 0) is 12.1 Å². The molecule has 104 valence electrons. The Labute approximate surface area is 122 Å². The topological polar surface area (TPSA) is 41.6 Å². The fraction of sp³-hybridized carbons (Fsp3) is 0.462. The molecule has 2 rings (SSSR count). The molecule has 1 aromatic rings. The summed E-state index contributed by atoms with van der Waals surface area (Å²) >= 11 is 12.0. The predicted molar refractivity (Wildman–Crippen MR) is 77.0 cm³/mol. The van der Waals surface area contributed by atoms with Crippen LogP contribution in [-0.2, 0) is 9.53 Å². The van der Waals surface area contributed by atoms with Crippen molar-refractivity contribution in [1.29, 1.82) is 0 Å². The number of nitrogens with zero attached hydrogens (tertiary/aromatic N) is 1. The molecule has 1 aliphatic rings. The molecule has 0 radical (unpaired) electrons. The molecule has 0 aliphatic carbocycles. The Balaban J connectivity index is 1.79. The minimum Gasteiger partial charge on any atom is -0.383 e. The van der Waals surface area contributed by atoms with Gasteiger partial charge in [0.25, 0.3) is 0 Å². The average molecular weight is 303 g/mol. The highest BCUT2D eigenvalue weighted by molar-refractivity contribution is 6.43. The van der Waals surface area contributed by atoms with Crippen molar-refractivity contribution in [1.82, 2.24) is 4.90 Å². The summed E-state index contributed by atoms with van der Waals surface area (Å²) in [5, 5.41) is 4.12. The molecule has 4 nitrogen and oxygen atoms in total. The number of amides is 1. The van der Waals surface area contributed by atoms with Crippen molar-refractivity contribution in [2.24, 2.45) is 0 Å². The number of ether oxygens (including phenoxy) is 1. The molecule has 1 amide bonds. The van der Waals surface area contributed by atoms with Gasteiger partial charge < -0.3 is 15.0 Å². The summed E-state index contributed by atoms with van der Waals surface area (Å²) in [6.45, 7) is 3.14. The molecule has 0 unspecified atom stereocenters. The predicted octanol–water partition coefficient (Wildman–Crippen LogP) is 2.65. The molecule has 0 bridgehead atoms. The quantitative estimate of drug-likeness (QED) is 0.930. The second kappa shape index (κ2) is 6.98. The largest absolute Gasteiger partial charge is 0.383 e. The van der Waals surface area contributed by atoms with E-state index in [9.17, 15) is 4.79 Å². The first-order valence-corrected chi connectivity index (χ1v) is 6.97. The number of hydrogen-bond acceptors (Lipinski definition) is 3. The smallest absolute Gasteiger partial charge is 0.224 e. The monoisotopic (exact) mass is 302 g/mol. The van der Waals surface area contributed by atoms with Crippen molar-refractivity contribution in [3.8, 4) is 0 Å². The number of carbonyl (C=O) groups is 1. The van der Waals surface area contributed by atoms with Crippen LogP contribution in [0.15, 0.2) is 18.2 Å². The summed E-state index contributed by atoms with van der Waals surface area (Å²) in [5.41, 5.74) is 0.754. The first-order chi connectivity index (χ1) is 9.18. The summed E-state index contributed by atoms with van der Waals surface area (Å²) in [7, 11) is 0. The molecule has 0 saturated carbocycles. The molecule has 1 saturated heterocycles. The second-order valence-corrected chi connectivity index (χ2v) is 5.06. The molecule has 1 heterocycles. The highest BCUT2D eigenvalue weighted by Crippen LogP contribution is 2.29. The zero-order chi connectivity index (χ0) is 13.7. The van der Waals surface area contributed by atoms with Crippen LogP contribution in [0.2, 0.25) is 10.0 Å². The molecule has 0 spiro atoms. The van der Waals surface area contributed by atoms with Crippen LogP contribution in [0.1, 0.15) is 6.42 Å². The van der Waals surface area contributed by atoms with E-state index in [1.54, 1.807) is 6.07 Å². The van der Waals surface area contributed by atoms with Crippen molar-refractivity contribution in [3.63, 3.8) is 0 Å². The molecule has 1 fully saturated rings. The SMILES string of the molecule is O=C(CCNc1cccc(Cl)c1Cl)N1CCOCC1. The van der Waals surface area contributed by atoms with Gasteiger partial charge in [-0.1, -0.05) is 29.3 Å². The number of morpholine rings is 1. The van der Waals surface area contributed by atoms with E-state index in [4.69, 9.17) is 27.9 Å². The van der Waals surface area contributed by atoms with Gasteiger partial charge in [0.2, 0.25) is 5.91 Å². The molecule has 1 aromatic carbocycles. The number of rotatable bonds is 4. The Morgan fingerprint density at radius 3 is 2.79 bits per heavy atom. The van der Waals surface area contributed by atoms with Crippen LogP contribution in [0.3, 0.4) is 0 Å². The van der Waals surface area contributed by atoms with Crippen LogP contribution in [0, 0.1) is 0 Å². The van der Waals surface area contributed by atoms with Crippen molar-refractivity contribution in [3.05, 3.63) is 28.2 Å². The van der Waals surface area contributed by atoms with E-state index in [1.165, 1.54) is 0 Å². The van der Waals surface area contributed by atoms with Crippen molar-refractivity contribution in [2.75, 3.05) is 38.2 Å². The maximum Gasteiger partial charge on any atom is 0.224 e. The van der Waals surface area contributed by atoms with Gasteiger partial charge in [-0.25, -0.2) is 0 Å². The van der Waals surface area contributed by atoms with E-state index in [-0.39, 0.29) is 5.91 Å². The molecule has 1 aliphatic heterocycles. The highest BCUT2D eigenvalue weighted by atomic mass is 35.5. The summed E-state index contributed by atoms with van der Waals surface area (Å²) in [6, 6.07) is 5.39. The molecular formula is C13H16Cl2N2O2. The number of anilines is 1. The van der Waals surface area contributed by atoms with Crippen molar-refractivity contribution >= 4 is 34.8 Å². The lowest BCUT2D eigenvalue weighted by Gasteiger charge is -2.27. The normalized spacial score (nSPS) is 15.4. The number of hydrogen-bond donors (Lipinski definition) is 1. The van der Waals surface area contributed by atoms with E-state index in [2.05, 4.69) is 5.32 Å². The van der Waals surface area contributed by atoms with Gasteiger partial charge >= 0.3 is 0 Å². The lowest BCUT2D eigenvalue weighted by molar-refractivity contribution is -0.134. The zero-order valence-corrected chi connectivity index (χ0v) is 12.0. The van der Waals surface area contributed by atoms with Crippen LogP contribution in [-0.4, -0.2) is 43.7 Å². The summed E-state index contributed by atoms with van der Waals surface area (Å²) < 4.78 is 5.21. The second-order valence-electron chi connectivity index (χ2n) is 4.27. The lowest BCUT2D eigenvalue weighted by Crippen LogP contribution is -2.41. The minimum absolute atomic E-state index is 0.133. The molecule has 19 heavy (non-hydrogen) atoms. The minimum atomic E-state index is 0.133. The van der Waals surface area contributed by atoms with Gasteiger partial charge in [-0.2, -0.15) is 0 Å².